The van der Waals surface area contributed by atoms with Crippen molar-refractivity contribution in [1.82, 2.24) is 9.88 Å². The van der Waals surface area contributed by atoms with Gasteiger partial charge in [-0.3, -0.25) is 4.98 Å². The molecule has 2 bridgehead atoms. The molecule has 2 nitrogen and oxygen atoms in total. The molecule has 2 aliphatic heterocycles. The van der Waals surface area contributed by atoms with Gasteiger partial charge in [-0.2, -0.15) is 0 Å². The number of hydrogen-bond donors (Lipinski definition) is 0. The van der Waals surface area contributed by atoms with Gasteiger partial charge in [0.15, 0.2) is 0 Å². The van der Waals surface area contributed by atoms with E-state index in [1.54, 1.807) is 0 Å². The number of hydrogen-bond acceptors (Lipinski definition) is 2. The van der Waals surface area contributed by atoms with Crippen molar-refractivity contribution in [2.75, 3.05) is 19.6 Å². The van der Waals surface area contributed by atoms with Crippen molar-refractivity contribution in [2.45, 2.75) is 25.2 Å². The fraction of sp³-hybridized carbons (Fsp3) is 0.389. The Morgan fingerprint density at radius 3 is 2.30 bits per heavy atom. The predicted molar refractivity (Wildman–Crippen MR) is 81.8 cm³/mol. The van der Waals surface area contributed by atoms with Crippen LogP contribution in [-0.4, -0.2) is 29.5 Å². The van der Waals surface area contributed by atoms with Gasteiger partial charge in [-0.25, -0.2) is 0 Å². The lowest BCUT2D eigenvalue weighted by atomic mass is 9.78. The maximum Gasteiger partial charge on any atom is 0.0702 e. The molecule has 3 heterocycles. The molecule has 0 aliphatic carbocycles. The van der Waals surface area contributed by atoms with E-state index in [0.29, 0.717) is 5.41 Å². The first-order valence-corrected chi connectivity index (χ1v) is 7.51. The summed E-state index contributed by atoms with van der Waals surface area (Å²) in [5, 5.41) is 0. The normalized spacial score (nSPS) is 27.9. The van der Waals surface area contributed by atoms with Crippen LogP contribution in [0.5, 0.6) is 0 Å². The van der Waals surface area contributed by atoms with Crippen molar-refractivity contribution in [3.63, 3.8) is 0 Å². The van der Waals surface area contributed by atoms with Crippen LogP contribution in [0.3, 0.4) is 0 Å². The highest BCUT2D eigenvalue weighted by molar-refractivity contribution is 5.59. The summed E-state index contributed by atoms with van der Waals surface area (Å²) in [7, 11) is 0. The molecule has 1 aromatic carbocycles. The van der Waals surface area contributed by atoms with Crippen molar-refractivity contribution in [3.8, 4) is 11.3 Å². The molecule has 2 aliphatic rings. The Morgan fingerprint density at radius 2 is 1.75 bits per heavy atom. The number of nitrogens with zero attached hydrogens (tertiary/aromatic N) is 2. The van der Waals surface area contributed by atoms with Gasteiger partial charge < -0.3 is 4.90 Å². The van der Waals surface area contributed by atoms with Gasteiger partial charge in [-0.15, -0.1) is 0 Å². The monoisotopic (exact) mass is 264 g/mol. The van der Waals surface area contributed by atoms with E-state index >= 15 is 0 Å². The smallest absolute Gasteiger partial charge is 0.0702 e. The summed E-state index contributed by atoms with van der Waals surface area (Å²) in [4.78, 5) is 7.29. The maximum absolute atomic E-state index is 4.72. The second kappa shape index (κ2) is 4.42. The van der Waals surface area contributed by atoms with E-state index in [1.165, 1.54) is 49.2 Å². The van der Waals surface area contributed by atoms with Gasteiger partial charge in [0.2, 0.25) is 0 Å². The Hall–Kier alpha value is -1.67. The molecule has 2 fully saturated rings. The molecule has 2 saturated heterocycles. The van der Waals surface area contributed by atoms with Crippen molar-refractivity contribution >= 4 is 0 Å². The van der Waals surface area contributed by atoms with Gasteiger partial charge in [-0.05, 0) is 44.5 Å². The molecule has 20 heavy (non-hydrogen) atoms. The molecule has 102 valence electrons. The largest absolute Gasteiger partial charge is 0.302 e. The van der Waals surface area contributed by atoms with Crippen LogP contribution in [0, 0.1) is 6.92 Å². The van der Waals surface area contributed by atoms with Gasteiger partial charge in [0, 0.05) is 23.7 Å². The van der Waals surface area contributed by atoms with Gasteiger partial charge in [0.1, 0.15) is 0 Å². The van der Waals surface area contributed by atoms with Crippen LogP contribution in [0.15, 0.2) is 42.6 Å². The van der Waals surface area contributed by atoms with Crippen LogP contribution in [0.4, 0.5) is 0 Å². The average Bonchev–Trinajstić information content (AvgIpc) is 3.10. The van der Waals surface area contributed by atoms with Gasteiger partial charge in [0.25, 0.3) is 0 Å². The van der Waals surface area contributed by atoms with E-state index < -0.39 is 0 Å². The number of benzene rings is 1. The fourth-order valence-electron chi connectivity index (χ4n) is 3.71. The van der Waals surface area contributed by atoms with Crippen LogP contribution in [0.1, 0.15) is 24.0 Å². The zero-order valence-electron chi connectivity index (χ0n) is 12.0. The molecule has 0 unspecified atom stereocenters. The number of piperidine rings is 1. The highest BCUT2D eigenvalue weighted by atomic mass is 15.2. The number of rotatable bonds is 2. The van der Waals surface area contributed by atoms with E-state index in [9.17, 15) is 0 Å². The molecule has 0 radical (unpaired) electrons. The lowest BCUT2D eigenvalue weighted by Crippen LogP contribution is -2.24. The van der Waals surface area contributed by atoms with Crippen molar-refractivity contribution < 1.29 is 0 Å². The van der Waals surface area contributed by atoms with E-state index in [1.807, 2.05) is 0 Å². The Balaban J connectivity index is 1.64. The minimum atomic E-state index is 0.402. The molecule has 0 spiro atoms. The van der Waals surface area contributed by atoms with Crippen LogP contribution in [0.2, 0.25) is 0 Å². The summed E-state index contributed by atoms with van der Waals surface area (Å²) >= 11 is 0. The molecule has 4 rings (SSSR count). The molecule has 0 amide bonds. The van der Waals surface area contributed by atoms with Crippen LogP contribution in [0.25, 0.3) is 11.3 Å². The summed E-state index contributed by atoms with van der Waals surface area (Å²) in [6.45, 7) is 5.88. The highest BCUT2D eigenvalue weighted by Crippen LogP contribution is 2.42. The summed E-state index contributed by atoms with van der Waals surface area (Å²) in [6.07, 6.45) is 4.72. The highest BCUT2D eigenvalue weighted by Gasteiger charge is 2.44. The second-order valence-electron chi connectivity index (χ2n) is 6.35. The third-order valence-corrected chi connectivity index (χ3v) is 5.06. The van der Waals surface area contributed by atoms with Crippen molar-refractivity contribution in [1.29, 1.82) is 0 Å². The Labute approximate surface area is 120 Å². The second-order valence-corrected chi connectivity index (χ2v) is 6.35. The first-order valence-electron chi connectivity index (χ1n) is 7.51. The zero-order valence-corrected chi connectivity index (χ0v) is 12.0. The SMILES string of the molecule is Cc1ccc(-c2ccc(C34CCN(CC3)C4)cn2)cc1. The van der Waals surface area contributed by atoms with E-state index in [0.717, 1.165) is 5.69 Å². The number of aryl methyl sites for hydroxylation is 1. The Kier molecular flexibility index (Phi) is 2.67. The Morgan fingerprint density at radius 1 is 1.00 bits per heavy atom. The lowest BCUT2D eigenvalue weighted by molar-refractivity contribution is 0.364. The lowest BCUT2D eigenvalue weighted by Gasteiger charge is -2.25. The zero-order chi connectivity index (χ0) is 13.6. The molecule has 2 heteroatoms. The standard InChI is InChI=1S/C18H20N2/c1-14-2-4-15(5-3-14)17-7-6-16(12-19-17)18-8-10-20(13-18)11-9-18/h2-7,12H,8-11,13H2,1H3. The minimum absolute atomic E-state index is 0.402. The van der Waals surface area contributed by atoms with E-state index in [-0.39, 0.29) is 0 Å². The quantitative estimate of drug-likeness (QED) is 0.826. The summed E-state index contributed by atoms with van der Waals surface area (Å²) in [5.41, 5.74) is 5.42. The van der Waals surface area contributed by atoms with E-state index in [2.05, 4.69) is 54.4 Å². The molecule has 2 aromatic rings. The number of pyridine rings is 1. The van der Waals surface area contributed by atoms with Crippen LogP contribution < -0.4 is 0 Å². The van der Waals surface area contributed by atoms with Gasteiger partial charge >= 0.3 is 0 Å². The summed E-state index contributed by atoms with van der Waals surface area (Å²) in [5.74, 6) is 0. The average molecular weight is 264 g/mol. The molecular formula is C18H20N2. The third kappa shape index (κ3) is 1.87. The maximum atomic E-state index is 4.72. The van der Waals surface area contributed by atoms with Crippen molar-refractivity contribution in [2.24, 2.45) is 0 Å². The minimum Gasteiger partial charge on any atom is -0.302 e. The Bertz CT molecular complexity index is 605. The topological polar surface area (TPSA) is 16.1 Å². The van der Waals surface area contributed by atoms with E-state index in [4.69, 9.17) is 4.98 Å². The molecule has 1 aromatic heterocycles. The predicted octanol–water partition coefficient (Wildman–Crippen LogP) is 3.40. The first kappa shape index (κ1) is 12.1. The first-order chi connectivity index (χ1) is 9.75. The van der Waals surface area contributed by atoms with Crippen LogP contribution >= 0.6 is 0 Å². The third-order valence-electron chi connectivity index (χ3n) is 5.06. The molecule has 0 atom stereocenters. The molecule has 0 N–H and O–H groups in total. The van der Waals surface area contributed by atoms with Crippen molar-refractivity contribution in [3.05, 3.63) is 53.7 Å². The molecular weight excluding hydrogens is 244 g/mol. The summed E-state index contributed by atoms with van der Waals surface area (Å²) in [6, 6.07) is 13.1. The summed E-state index contributed by atoms with van der Waals surface area (Å²) < 4.78 is 0. The van der Waals surface area contributed by atoms with Gasteiger partial charge in [0.05, 0.1) is 5.69 Å². The number of fused-ring (bicyclic) bond motifs is 2. The number of aromatic nitrogens is 1. The van der Waals surface area contributed by atoms with Gasteiger partial charge in [-0.1, -0.05) is 35.9 Å². The van der Waals surface area contributed by atoms with Crippen LogP contribution in [-0.2, 0) is 5.41 Å². The molecule has 0 saturated carbocycles. The fourth-order valence-corrected chi connectivity index (χ4v) is 3.71.